The van der Waals surface area contributed by atoms with Gasteiger partial charge in [0.15, 0.2) is 11.5 Å². The molecule has 0 aliphatic heterocycles. The van der Waals surface area contributed by atoms with E-state index in [2.05, 4.69) is 0 Å². The number of benzene rings is 2. The van der Waals surface area contributed by atoms with E-state index in [1.165, 1.54) is 18.2 Å². The summed E-state index contributed by atoms with van der Waals surface area (Å²) in [7, 11) is 0. The van der Waals surface area contributed by atoms with Crippen LogP contribution in [-0.4, -0.2) is 53.2 Å². The molecule has 230 valence electrons. The monoisotopic (exact) mass is 587 g/mol. The summed E-state index contributed by atoms with van der Waals surface area (Å²) >= 11 is 0. The molecule has 0 spiro atoms. The van der Waals surface area contributed by atoms with E-state index in [1.807, 2.05) is 13.8 Å². The molecule has 0 aromatic heterocycles. The van der Waals surface area contributed by atoms with Gasteiger partial charge in [0.05, 0.1) is 5.56 Å². The molecule has 0 bridgehead atoms. The Labute approximate surface area is 246 Å². The molecular weight excluding hydrogens is 546 g/mol. The van der Waals surface area contributed by atoms with Crippen molar-refractivity contribution in [2.75, 3.05) is 0 Å². The summed E-state index contributed by atoms with van der Waals surface area (Å²) in [5.74, 6) is -2.24. The Morgan fingerprint density at radius 2 is 1.33 bits per heavy atom. The molecule has 0 radical (unpaired) electrons. The number of carbonyl (C=O) groups is 4. The molecule has 0 aliphatic rings. The summed E-state index contributed by atoms with van der Waals surface area (Å²) in [4.78, 5) is 49.6. The molecule has 4 atom stereocenters. The highest BCUT2D eigenvalue weighted by atomic mass is 16.7. The zero-order valence-electron chi connectivity index (χ0n) is 24.8. The van der Waals surface area contributed by atoms with E-state index in [4.69, 9.17) is 29.4 Å². The number of nitrogens with two attached hydrogens (primary N) is 1. The number of rotatable bonds is 15. The van der Waals surface area contributed by atoms with Crippen molar-refractivity contribution >= 4 is 24.2 Å². The Morgan fingerprint density at radius 1 is 0.786 bits per heavy atom. The fourth-order valence-corrected chi connectivity index (χ4v) is 4.29. The highest BCUT2D eigenvalue weighted by Crippen LogP contribution is 2.32. The van der Waals surface area contributed by atoms with Crippen molar-refractivity contribution in [2.45, 2.75) is 97.0 Å². The summed E-state index contributed by atoms with van der Waals surface area (Å²) in [6, 6.07) is 12.5. The van der Waals surface area contributed by atoms with Crippen molar-refractivity contribution in [3.05, 3.63) is 59.7 Å². The molecule has 11 heteroatoms. The summed E-state index contributed by atoms with van der Waals surface area (Å²) < 4.78 is 26.6. The number of carboxylic acid groups (broad SMARTS) is 1. The van der Waals surface area contributed by atoms with E-state index in [1.54, 1.807) is 51.1 Å². The van der Waals surface area contributed by atoms with Crippen LogP contribution in [0.25, 0.3) is 0 Å². The minimum atomic E-state index is -1.86. The van der Waals surface area contributed by atoms with Gasteiger partial charge in [-0.25, -0.2) is 14.4 Å². The maximum atomic E-state index is 12.5. The van der Waals surface area contributed by atoms with Gasteiger partial charge in [0.2, 0.25) is 0 Å². The van der Waals surface area contributed by atoms with Crippen LogP contribution in [0.5, 0.6) is 11.5 Å². The Kier molecular flexibility index (Phi) is 13.3. The van der Waals surface area contributed by atoms with Gasteiger partial charge in [0.25, 0.3) is 0 Å². The first-order valence-corrected chi connectivity index (χ1v) is 14.0. The molecule has 3 N–H and O–H groups in total. The second-order valence-electron chi connectivity index (χ2n) is 10.3. The first kappa shape index (κ1) is 34.1. The number of hydrogen-bond acceptors (Lipinski definition) is 10. The number of esters is 1. The van der Waals surface area contributed by atoms with Crippen molar-refractivity contribution < 1.29 is 48.0 Å². The normalized spacial score (nSPS) is 14.4. The van der Waals surface area contributed by atoms with Gasteiger partial charge in [-0.3, -0.25) is 4.79 Å². The third-order valence-electron chi connectivity index (χ3n) is 6.29. The Bertz CT molecular complexity index is 1200. The van der Waals surface area contributed by atoms with Crippen molar-refractivity contribution in [3.63, 3.8) is 0 Å². The van der Waals surface area contributed by atoms with E-state index in [0.29, 0.717) is 24.0 Å². The van der Waals surface area contributed by atoms with Gasteiger partial charge >= 0.3 is 24.2 Å². The lowest BCUT2D eigenvalue weighted by atomic mass is 9.86. The highest BCUT2D eigenvalue weighted by molar-refractivity contribution is 5.89. The fourth-order valence-electron chi connectivity index (χ4n) is 4.29. The molecule has 0 saturated carbocycles. The second kappa shape index (κ2) is 16.4. The highest BCUT2D eigenvalue weighted by Gasteiger charge is 2.37. The van der Waals surface area contributed by atoms with Crippen LogP contribution in [0.1, 0.15) is 82.6 Å². The largest absolute Gasteiger partial charge is 0.514 e. The minimum Gasteiger partial charge on any atom is -0.480 e. The van der Waals surface area contributed by atoms with E-state index >= 15 is 0 Å². The first-order chi connectivity index (χ1) is 19.9. The van der Waals surface area contributed by atoms with Crippen LogP contribution < -0.4 is 15.2 Å². The lowest BCUT2D eigenvalue weighted by Crippen LogP contribution is -2.52. The van der Waals surface area contributed by atoms with Crippen molar-refractivity contribution in [1.82, 2.24) is 0 Å². The van der Waals surface area contributed by atoms with E-state index in [-0.39, 0.29) is 24.3 Å². The molecule has 11 nitrogen and oxygen atoms in total. The average molecular weight is 588 g/mol. The molecule has 0 heterocycles. The predicted molar refractivity (Wildman–Crippen MR) is 154 cm³/mol. The Morgan fingerprint density at radius 3 is 1.86 bits per heavy atom. The van der Waals surface area contributed by atoms with Gasteiger partial charge in [0.1, 0.15) is 23.9 Å². The second-order valence-corrected chi connectivity index (χ2v) is 10.3. The quantitative estimate of drug-likeness (QED) is 0.142. The zero-order chi connectivity index (χ0) is 31.3. The molecule has 3 unspecified atom stereocenters. The molecule has 0 aliphatic carbocycles. The third-order valence-corrected chi connectivity index (χ3v) is 6.29. The summed E-state index contributed by atoms with van der Waals surface area (Å²) in [6.07, 6.45) is -1.28. The Balaban J connectivity index is 2.26. The van der Waals surface area contributed by atoms with Gasteiger partial charge in [-0.15, -0.1) is 0 Å². The van der Waals surface area contributed by atoms with Gasteiger partial charge in [0, 0.05) is 12.8 Å². The van der Waals surface area contributed by atoms with Crippen LogP contribution in [0.3, 0.4) is 0 Å². The number of hydrogen-bond donors (Lipinski definition) is 2. The first-order valence-electron chi connectivity index (χ1n) is 14.0. The van der Waals surface area contributed by atoms with E-state index in [0.717, 1.165) is 12.8 Å². The molecular formula is C31H41NO10. The molecule has 0 fully saturated rings. The van der Waals surface area contributed by atoms with Crippen molar-refractivity contribution in [1.29, 1.82) is 0 Å². The maximum Gasteiger partial charge on any atom is 0.514 e. The van der Waals surface area contributed by atoms with Crippen molar-refractivity contribution in [2.24, 2.45) is 5.73 Å². The van der Waals surface area contributed by atoms with Gasteiger partial charge in [-0.2, -0.15) is 0 Å². The van der Waals surface area contributed by atoms with E-state index < -0.39 is 48.1 Å². The zero-order valence-corrected chi connectivity index (χ0v) is 24.8. The fraction of sp³-hybridized carbons (Fsp3) is 0.484. The third kappa shape index (κ3) is 11.0. The molecule has 2 aromatic carbocycles. The van der Waals surface area contributed by atoms with Crippen molar-refractivity contribution in [3.8, 4) is 11.5 Å². The predicted octanol–water partition coefficient (Wildman–Crippen LogP) is 6.05. The smallest absolute Gasteiger partial charge is 0.480 e. The van der Waals surface area contributed by atoms with Crippen LogP contribution in [0.2, 0.25) is 0 Å². The van der Waals surface area contributed by atoms with Crippen LogP contribution in [0.4, 0.5) is 9.59 Å². The van der Waals surface area contributed by atoms with Gasteiger partial charge < -0.3 is 34.5 Å². The Hall–Kier alpha value is -4.12. The molecule has 0 saturated heterocycles. The molecule has 2 aromatic rings. The molecule has 0 amide bonds. The van der Waals surface area contributed by atoms with Crippen LogP contribution in [-0.2, 0) is 25.4 Å². The lowest BCUT2D eigenvalue weighted by molar-refractivity contribution is -0.144. The topological polar surface area (TPSA) is 161 Å². The maximum absolute atomic E-state index is 12.5. The standard InChI is InChI=1S/C31H41NO10/c1-6-11-20(3)39-29(36)41-25-16-15-23(17-26(25)42-30(37)40-21(4)12-7-2)19-31(32,28(34)35)18-22(5)38-27(33)24-13-9-8-10-14-24/h8-10,13-17,20-22H,6-7,11-12,18-19,32H2,1-5H3,(H,34,35)/t20?,21?,22-,31?/m0/s1. The summed E-state index contributed by atoms with van der Waals surface area (Å²) in [5.41, 5.74) is 5.13. The average Bonchev–Trinajstić information content (AvgIpc) is 2.90. The number of aliphatic carboxylic acids is 1. The number of carboxylic acids is 1. The van der Waals surface area contributed by atoms with Gasteiger partial charge in [-0.1, -0.05) is 51.0 Å². The van der Waals surface area contributed by atoms with E-state index in [9.17, 15) is 24.3 Å². The van der Waals surface area contributed by atoms with Crippen LogP contribution >= 0.6 is 0 Å². The van der Waals surface area contributed by atoms with Crippen LogP contribution in [0.15, 0.2) is 48.5 Å². The molecule has 2 rings (SSSR count). The number of ether oxygens (including phenoxy) is 5. The summed E-state index contributed by atoms with van der Waals surface area (Å²) in [6.45, 7) is 8.88. The van der Waals surface area contributed by atoms with Gasteiger partial charge in [-0.05, 0) is 63.4 Å². The van der Waals surface area contributed by atoms with Crippen LogP contribution in [0, 0.1) is 0 Å². The summed E-state index contributed by atoms with van der Waals surface area (Å²) in [5, 5.41) is 10.0. The number of carbonyl (C=O) groups excluding carboxylic acids is 3. The minimum absolute atomic E-state index is 0.129. The molecule has 42 heavy (non-hydrogen) atoms. The SMILES string of the molecule is CCCC(C)OC(=O)Oc1ccc(CC(N)(C[C@H](C)OC(=O)c2ccccc2)C(=O)O)cc1OC(=O)OC(C)CCC. The lowest BCUT2D eigenvalue weighted by Gasteiger charge is -2.28.